The minimum absolute atomic E-state index is 0.116. The first-order valence-corrected chi connectivity index (χ1v) is 9.70. The minimum Gasteiger partial charge on any atom is -0.476 e. The van der Waals surface area contributed by atoms with Gasteiger partial charge in [-0.3, -0.25) is 9.69 Å². The number of nitrogens with zero attached hydrogens (tertiary/aromatic N) is 1. The highest BCUT2D eigenvalue weighted by Crippen LogP contribution is 2.22. The molecule has 0 aliphatic heterocycles. The van der Waals surface area contributed by atoms with Crippen molar-refractivity contribution in [2.75, 3.05) is 13.1 Å². The molecule has 0 aromatic heterocycles. The predicted octanol–water partition coefficient (Wildman–Crippen LogP) is 4.35. The number of nitrogens with one attached hydrogen (secondary N) is 1. The molecular formula is C23H32N2O2. The third kappa shape index (κ3) is 6.40. The quantitative estimate of drug-likeness (QED) is 0.715. The SMILES string of the molecule is Cc1ccc(C(Oc2ccccc2)C(=O)NCCN(C(C)C)C(C)C)cc1. The van der Waals surface area contributed by atoms with Crippen molar-refractivity contribution in [3.05, 3.63) is 65.7 Å². The lowest BCUT2D eigenvalue weighted by atomic mass is 10.1. The van der Waals surface area contributed by atoms with E-state index in [1.165, 1.54) is 0 Å². The average Bonchev–Trinajstić information content (AvgIpc) is 2.64. The second-order valence-electron chi connectivity index (χ2n) is 7.44. The normalized spacial score (nSPS) is 12.4. The van der Waals surface area contributed by atoms with Crippen LogP contribution in [0.15, 0.2) is 54.6 Å². The predicted molar refractivity (Wildman–Crippen MR) is 111 cm³/mol. The van der Waals surface area contributed by atoms with E-state index in [1.54, 1.807) is 0 Å². The van der Waals surface area contributed by atoms with Crippen molar-refractivity contribution in [1.82, 2.24) is 10.2 Å². The van der Waals surface area contributed by atoms with Crippen LogP contribution in [0.4, 0.5) is 0 Å². The molecule has 0 aliphatic rings. The van der Waals surface area contributed by atoms with Gasteiger partial charge in [0.2, 0.25) is 6.10 Å². The average molecular weight is 369 g/mol. The number of para-hydroxylation sites is 1. The molecular weight excluding hydrogens is 336 g/mol. The van der Waals surface area contributed by atoms with E-state index >= 15 is 0 Å². The van der Waals surface area contributed by atoms with E-state index in [0.29, 0.717) is 24.4 Å². The van der Waals surface area contributed by atoms with Gasteiger partial charge in [0.05, 0.1) is 0 Å². The Balaban J connectivity index is 2.08. The Kier molecular flexibility index (Phi) is 7.86. The summed E-state index contributed by atoms with van der Waals surface area (Å²) in [6.45, 7) is 12.1. The Morgan fingerprint density at radius 2 is 1.56 bits per heavy atom. The highest BCUT2D eigenvalue weighted by Gasteiger charge is 2.23. The Morgan fingerprint density at radius 1 is 0.963 bits per heavy atom. The third-order valence-corrected chi connectivity index (χ3v) is 4.61. The number of ether oxygens (including phenoxy) is 1. The Hall–Kier alpha value is -2.33. The number of carbonyl (C=O) groups is 1. The van der Waals surface area contributed by atoms with Crippen LogP contribution in [0.5, 0.6) is 5.75 Å². The lowest BCUT2D eigenvalue weighted by molar-refractivity contribution is -0.128. The summed E-state index contributed by atoms with van der Waals surface area (Å²) < 4.78 is 6.03. The molecule has 2 aromatic carbocycles. The number of rotatable bonds is 9. The molecule has 0 bridgehead atoms. The number of aryl methyl sites for hydroxylation is 1. The fourth-order valence-corrected chi connectivity index (χ4v) is 3.16. The molecule has 0 fully saturated rings. The smallest absolute Gasteiger partial charge is 0.265 e. The molecule has 0 heterocycles. The van der Waals surface area contributed by atoms with Crippen LogP contribution in [-0.2, 0) is 4.79 Å². The molecule has 2 aromatic rings. The van der Waals surface area contributed by atoms with Crippen LogP contribution in [0.25, 0.3) is 0 Å². The number of amides is 1. The topological polar surface area (TPSA) is 41.6 Å². The van der Waals surface area contributed by atoms with Crippen LogP contribution in [0, 0.1) is 6.92 Å². The molecule has 1 N–H and O–H groups in total. The van der Waals surface area contributed by atoms with Gasteiger partial charge in [-0.15, -0.1) is 0 Å². The van der Waals surface area contributed by atoms with E-state index in [9.17, 15) is 4.79 Å². The molecule has 0 radical (unpaired) electrons. The lowest BCUT2D eigenvalue weighted by Crippen LogP contribution is -2.43. The molecule has 4 heteroatoms. The standard InChI is InChI=1S/C23H32N2O2/c1-17(2)25(18(3)4)16-15-24-23(26)22(20-13-11-19(5)12-14-20)27-21-9-7-6-8-10-21/h6-14,17-18,22H,15-16H2,1-5H3,(H,24,26). The summed E-state index contributed by atoms with van der Waals surface area (Å²) in [6, 6.07) is 18.3. The lowest BCUT2D eigenvalue weighted by Gasteiger charge is -2.30. The summed E-state index contributed by atoms with van der Waals surface area (Å²) in [6.07, 6.45) is -0.667. The van der Waals surface area contributed by atoms with Crippen molar-refractivity contribution >= 4 is 5.91 Å². The van der Waals surface area contributed by atoms with Gasteiger partial charge in [-0.1, -0.05) is 48.0 Å². The molecule has 27 heavy (non-hydrogen) atoms. The van der Waals surface area contributed by atoms with Crippen LogP contribution in [-0.4, -0.2) is 36.0 Å². The van der Waals surface area contributed by atoms with Crippen LogP contribution in [0.1, 0.15) is 44.9 Å². The number of hydrogen-bond acceptors (Lipinski definition) is 3. The Labute approximate surface area is 163 Å². The largest absolute Gasteiger partial charge is 0.476 e. The van der Waals surface area contributed by atoms with Crippen molar-refractivity contribution in [1.29, 1.82) is 0 Å². The van der Waals surface area contributed by atoms with Gasteiger partial charge >= 0.3 is 0 Å². The number of hydrogen-bond donors (Lipinski definition) is 1. The molecule has 0 saturated heterocycles. The first-order chi connectivity index (χ1) is 12.9. The van der Waals surface area contributed by atoms with Gasteiger partial charge in [-0.05, 0) is 46.8 Å². The van der Waals surface area contributed by atoms with Gasteiger partial charge in [0.1, 0.15) is 5.75 Å². The van der Waals surface area contributed by atoms with Crippen LogP contribution >= 0.6 is 0 Å². The van der Waals surface area contributed by atoms with E-state index in [2.05, 4.69) is 37.9 Å². The summed E-state index contributed by atoms with van der Waals surface area (Å²) in [5.74, 6) is 0.569. The Bertz CT molecular complexity index is 688. The van der Waals surface area contributed by atoms with E-state index in [1.807, 2.05) is 61.5 Å². The van der Waals surface area contributed by atoms with E-state index in [-0.39, 0.29) is 5.91 Å². The summed E-state index contributed by atoms with van der Waals surface area (Å²) in [5, 5.41) is 3.05. The van der Waals surface area contributed by atoms with Gasteiger partial charge in [0, 0.05) is 30.7 Å². The van der Waals surface area contributed by atoms with Crippen molar-refractivity contribution < 1.29 is 9.53 Å². The monoisotopic (exact) mass is 368 g/mol. The van der Waals surface area contributed by atoms with E-state index in [0.717, 1.165) is 17.7 Å². The van der Waals surface area contributed by atoms with Crippen LogP contribution in [0.2, 0.25) is 0 Å². The van der Waals surface area contributed by atoms with Gasteiger partial charge in [-0.25, -0.2) is 0 Å². The van der Waals surface area contributed by atoms with E-state index in [4.69, 9.17) is 4.74 Å². The maximum atomic E-state index is 12.9. The zero-order valence-electron chi connectivity index (χ0n) is 17.1. The summed E-state index contributed by atoms with van der Waals surface area (Å²) >= 11 is 0. The van der Waals surface area contributed by atoms with Crippen molar-refractivity contribution in [2.24, 2.45) is 0 Å². The fourth-order valence-electron chi connectivity index (χ4n) is 3.16. The zero-order valence-corrected chi connectivity index (χ0v) is 17.1. The number of benzene rings is 2. The van der Waals surface area contributed by atoms with Gasteiger partial charge in [-0.2, -0.15) is 0 Å². The molecule has 0 aliphatic carbocycles. The molecule has 0 spiro atoms. The molecule has 146 valence electrons. The highest BCUT2D eigenvalue weighted by atomic mass is 16.5. The van der Waals surface area contributed by atoms with Crippen molar-refractivity contribution in [3.63, 3.8) is 0 Å². The van der Waals surface area contributed by atoms with Gasteiger partial charge < -0.3 is 10.1 Å². The summed E-state index contributed by atoms with van der Waals surface area (Å²) in [4.78, 5) is 15.3. The fraction of sp³-hybridized carbons (Fsp3) is 0.435. The second-order valence-corrected chi connectivity index (χ2v) is 7.44. The molecule has 1 atom stereocenters. The molecule has 1 unspecified atom stereocenters. The first-order valence-electron chi connectivity index (χ1n) is 9.70. The molecule has 2 rings (SSSR count). The van der Waals surface area contributed by atoms with Crippen molar-refractivity contribution in [2.45, 2.75) is 52.8 Å². The number of carbonyl (C=O) groups excluding carboxylic acids is 1. The maximum Gasteiger partial charge on any atom is 0.265 e. The zero-order chi connectivity index (χ0) is 19.8. The molecule has 1 amide bonds. The maximum absolute atomic E-state index is 12.9. The molecule has 0 saturated carbocycles. The minimum atomic E-state index is -0.667. The van der Waals surface area contributed by atoms with E-state index < -0.39 is 6.10 Å². The van der Waals surface area contributed by atoms with Crippen LogP contribution < -0.4 is 10.1 Å². The van der Waals surface area contributed by atoms with Gasteiger partial charge in [0.15, 0.2) is 0 Å². The van der Waals surface area contributed by atoms with Crippen LogP contribution in [0.3, 0.4) is 0 Å². The van der Waals surface area contributed by atoms with Crippen molar-refractivity contribution in [3.8, 4) is 5.75 Å². The first kappa shape index (κ1) is 21.0. The third-order valence-electron chi connectivity index (χ3n) is 4.61. The summed E-state index contributed by atoms with van der Waals surface area (Å²) in [7, 11) is 0. The second kappa shape index (κ2) is 10.1. The highest BCUT2D eigenvalue weighted by molar-refractivity contribution is 5.82. The Morgan fingerprint density at radius 3 is 2.11 bits per heavy atom. The summed E-state index contributed by atoms with van der Waals surface area (Å²) in [5.41, 5.74) is 2.01. The van der Waals surface area contributed by atoms with Gasteiger partial charge in [0.25, 0.3) is 5.91 Å². The molecule has 4 nitrogen and oxygen atoms in total.